The number of imidazole rings is 1. The number of H-pyrrole nitrogens is 1. The standard InChI is InChI=1S/C15H23N5O2/c1-11-16-9-12(17-11)10-20-7-4-3-5-13(20)15-18-14(19-22-15)6-8-21-2/h9,13H,3-8,10H2,1-2H3,(H,16,17). The smallest absolute Gasteiger partial charge is 0.244 e. The van der Waals surface area contributed by atoms with Crippen LogP contribution in [-0.2, 0) is 17.7 Å². The highest BCUT2D eigenvalue weighted by Crippen LogP contribution is 2.31. The van der Waals surface area contributed by atoms with Crippen molar-refractivity contribution in [2.75, 3.05) is 20.3 Å². The van der Waals surface area contributed by atoms with E-state index < -0.39 is 0 Å². The summed E-state index contributed by atoms with van der Waals surface area (Å²) in [5.41, 5.74) is 1.13. The molecule has 1 unspecified atom stereocenters. The molecule has 0 aliphatic carbocycles. The van der Waals surface area contributed by atoms with E-state index in [9.17, 15) is 0 Å². The van der Waals surface area contributed by atoms with Crippen LogP contribution >= 0.6 is 0 Å². The molecule has 3 heterocycles. The van der Waals surface area contributed by atoms with Gasteiger partial charge in [-0.25, -0.2) is 4.98 Å². The molecule has 7 heteroatoms. The van der Waals surface area contributed by atoms with E-state index in [0.717, 1.165) is 42.7 Å². The molecular weight excluding hydrogens is 282 g/mol. The highest BCUT2D eigenvalue weighted by atomic mass is 16.5. The van der Waals surface area contributed by atoms with Crippen molar-refractivity contribution < 1.29 is 9.26 Å². The molecule has 0 aromatic carbocycles. The molecule has 2 aromatic heterocycles. The molecule has 1 aliphatic rings. The highest BCUT2D eigenvalue weighted by Gasteiger charge is 2.29. The summed E-state index contributed by atoms with van der Waals surface area (Å²) in [6.45, 7) is 4.46. The lowest BCUT2D eigenvalue weighted by Gasteiger charge is -2.32. The molecule has 1 saturated heterocycles. The van der Waals surface area contributed by atoms with Gasteiger partial charge in [0, 0.05) is 32.0 Å². The Kier molecular flexibility index (Phi) is 4.84. The quantitative estimate of drug-likeness (QED) is 0.879. The summed E-state index contributed by atoms with van der Waals surface area (Å²) in [6.07, 6.45) is 6.04. The third-order valence-corrected chi connectivity index (χ3v) is 4.04. The van der Waals surface area contributed by atoms with E-state index in [4.69, 9.17) is 9.26 Å². The molecule has 7 nitrogen and oxygen atoms in total. The minimum Gasteiger partial charge on any atom is -0.384 e. The van der Waals surface area contributed by atoms with Gasteiger partial charge in [-0.1, -0.05) is 11.6 Å². The number of rotatable bonds is 6. The van der Waals surface area contributed by atoms with Gasteiger partial charge in [0.2, 0.25) is 5.89 Å². The van der Waals surface area contributed by atoms with E-state index >= 15 is 0 Å². The van der Waals surface area contributed by atoms with E-state index in [-0.39, 0.29) is 6.04 Å². The van der Waals surface area contributed by atoms with E-state index in [1.807, 2.05) is 13.1 Å². The zero-order valence-corrected chi connectivity index (χ0v) is 13.2. The number of piperidine rings is 1. The molecule has 0 amide bonds. The van der Waals surface area contributed by atoms with Gasteiger partial charge in [-0.2, -0.15) is 4.98 Å². The van der Waals surface area contributed by atoms with Gasteiger partial charge in [0.15, 0.2) is 5.82 Å². The van der Waals surface area contributed by atoms with E-state index in [1.165, 1.54) is 12.8 Å². The third-order valence-electron chi connectivity index (χ3n) is 4.04. The van der Waals surface area contributed by atoms with Crippen LogP contribution in [0.15, 0.2) is 10.7 Å². The maximum atomic E-state index is 5.49. The fraction of sp³-hybridized carbons (Fsp3) is 0.667. The number of methoxy groups -OCH3 is 1. The lowest BCUT2D eigenvalue weighted by molar-refractivity contribution is 0.110. The fourth-order valence-electron chi connectivity index (χ4n) is 2.93. The molecule has 0 bridgehead atoms. The summed E-state index contributed by atoms with van der Waals surface area (Å²) in [4.78, 5) is 14.5. The maximum Gasteiger partial charge on any atom is 0.244 e. The number of nitrogens with one attached hydrogen (secondary N) is 1. The van der Waals surface area contributed by atoms with Crippen LogP contribution < -0.4 is 0 Å². The predicted molar refractivity (Wildman–Crippen MR) is 80.2 cm³/mol. The van der Waals surface area contributed by atoms with Crippen LogP contribution in [0.5, 0.6) is 0 Å². The Morgan fingerprint density at radius 1 is 1.45 bits per heavy atom. The van der Waals surface area contributed by atoms with Gasteiger partial charge in [-0.15, -0.1) is 0 Å². The number of aryl methyl sites for hydroxylation is 1. The van der Waals surface area contributed by atoms with Gasteiger partial charge in [0.05, 0.1) is 12.6 Å². The Bertz CT molecular complexity index is 594. The highest BCUT2D eigenvalue weighted by molar-refractivity contribution is 5.03. The topological polar surface area (TPSA) is 80.1 Å². The first-order valence-electron chi connectivity index (χ1n) is 7.82. The second-order valence-electron chi connectivity index (χ2n) is 5.77. The van der Waals surface area contributed by atoms with Crippen molar-refractivity contribution in [1.29, 1.82) is 0 Å². The normalized spacial score (nSPS) is 19.6. The Morgan fingerprint density at radius 2 is 2.36 bits per heavy atom. The lowest BCUT2D eigenvalue weighted by atomic mass is 10.0. The van der Waals surface area contributed by atoms with Crippen LogP contribution in [0.3, 0.4) is 0 Å². The van der Waals surface area contributed by atoms with E-state index in [0.29, 0.717) is 13.0 Å². The van der Waals surface area contributed by atoms with Crippen LogP contribution in [0.25, 0.3) is 0 Å². The molecule has 0 spiro atoms. The minimum atomic E-state index is 0.196. The molecule has 2 aromatic rings. The minimum absolute atomic E-state index is 0.196. The summed E-state index contributed by atoms with van der Waals surface area (Å²) in [6, 6.07) is 0.196. The van der Waals surface area contributed by atoms with Crippen molar-refractivity contribution in [2.45, 2.75) is 45.2 Å². The van der Waals surface area contributed by atoms with Crippen LogP contribution in [0.2, 0.25) is 0 Å². The van der Waals surface area contributed by atoms with Crippen LogP contribution in [0, 0.1) is 6.92 Å². The Morgan fingerprint density at radius 3 is 3.14 bits per heavy atom. The van der Waals surface area contributed by atoms with Crippen LogP contribution in [0.4, 0.5) is 0 Å². The molecule has 1 N–H and O–H groups in total. The zero-order valence-electron chi connectivity index (χ0n) is 13.2. The van der Waals surface area contributed by atoms with Crippen molar-refractivity contribution in [3.63, 3.8) is 0 Å². The molecule has 120 valence electrons. The second-order valence-corrected chi connectivity index (χ2v) is 5.77. The number of likely N-dealkylation sites (tertiary alicyclic amines) is 1. The van der Waals surface area contributed by atoms with Crippen LogP contribution in [0.1, 0.15) is 48.5 Å². The summed E-state index contributed by atoms with van der Waals surface area (Å²) in [7, 11) is 1.68. The summed E-state index contributed by atoms with van der Waals surface area (Å²) < 4.78 is 10.5. The third kappa shape index (κ3) is 3.53. The van der Waals surface area contributed by atoms with Gasteiger partial charge < -0.3 is 14.2 Å². The summed E-state index contributed by atoms with van der Waals surface area (Å²) in [5.74, 6) is 2.39. The van der Waals surface area contributed by atoms with Crippen molar-refractivity contribution >= 4 is 0 Å². The Balaban J connectivity index is 1.70. The molecule has 0 radical (unpaired) electrons. The maximum absolute atomic E-state index is 5.49. The van der Waals surface area contributed by atoms with Crippen molar-refractivity contribution in [3.05, 3.63) is 29.4 Å². The van der Waals surface area contributed by atoms with Crippen molar-refractivity contribution in [2.24, 2.45) is 0 Å². The second kappa shape index (κ2) is 7.02. The SMILES string of the molecule is COCCc1noc(C2CCCCN2Cc2cnc(C)[nH]2)n1. The Labute approximate surface area is 130 Å². The van der Waals surface area contributed by atoms with E-state index in [1.54, 1.807) is 7.11 Å². The summed E-state index contributed by atoms with van der Waals surface area (Å²) >= 11 is 0. The first-order valence-corrected chi connectivity index (χ1v) is 7.82. The average molecular weight is 305 g/mol. The van der Waals surface area contributed by atoms with Gasteiger partial charge in [-0.05, 0) is 26.3 Å². The number of aromatic nitrogens is 4. The van der Waals surface area contributed by atoms with Gasteiger partial charge >= 0.3 is 0 Å². The van der Waals surface area contributed by atoms with Crippen LogP contribution in [-0.4, -0.2) is 45.3 Å². The number of aromatic amines is 1. The first-order chi connectivity index (χ1) is 10.8. The lowest BCUT2D eigenvalue weighted by Crippen LogP contribution is -2.33. The summed E-state index contributed by atoms with van der Waals surface area (Å²) in [5, 5.41) is 4.06. The Hall–Kier alpha value is -1.73. The van der Waals surface area contributed by atoms with Crippen molar-refractivity contribution in [3.8, 4) is 0 Å². The van der Waals surface area contributed by atoms with Gasteiger partial charge in [0.1, 0.15) is 5.82 Å². The molecule has 1 atom stereocenters. The van der Waals surface area contributed by atoms with E-state index in [2.05, 4.69) is 25.0 Å². The predicted octanol–water partition coefficient (Wildman–Crippen LogP) is 2.02. The molecule has 0 saturated carbocycles. The zero-order chi connectivity index (χ0) is 15.4. The number of nitrogens with zero attached hydrogens (tertiary/aromatic N) is 4. The number of hydrogen-bond donors (Lipinski definition) is 1. The molecule has 22 heavy (non-hydrogen) atoms. The molecular formula is C15H23N5O2. The molecule has 1 aliphatic heterocycles. The largest absolute Gasteiger partial charge is 0.384 e. The number of hydrogen-bond acceptors (Lipinski definition) is 6. The average Bonchev–Trinajstić information content (AvgIpc) is 3.15. The number of ether oxygens (including phenoxy) is 1. The first kappa shape index (κ1) is 15.2. The monoisotopic (exact) mass is 305 g/mol. The van der Waals surface area contributed by atoms with Crippen molar-refractivity contribution in [1.82, 2.24) is 25.0 Å². The van der Waals surface area contributed by atoms with Gasteiger partial charge in [0.25, 0.3) is 0 Å². The molecule has 1 fully saturated rings. The fourth-order valence-corrected chi connectivity index (χ4v) is 2.93. The van der Waals surface area contributed by atoms with Gasteiger partial charge in [-0.3, -0.25) is 4.90 Å². The molecule has 3 rings (SSSR count).